The molecule has 0 aliphatic carbocycles. The zero-order chi connectivity index (χ0) is 25.5. The van der Waals surface area contributed by atoms with Crippen LogP contribution in [0.2, 0.25) is 0 Å². The molecule has 37 heavy (non-hydrogen) atoms. The van der Waals surface area contributed by atoms with Crippen molar-refractivity contribution in [2.75, 3.05) is 6.61 Å². The normalized spacial score (nSPS) is 15.3. The molecule has 1 aliphatic heterocycles. The maximum atomic E-state index is 13.1. The Bertz CT molecular complexity index is 1710. The molecule has 4 heterocycles. The molecule has 1 atom stereocenters. The van der Waals surface area contributed by atoms with Crippen LogP contribution in [0.5, 0.6) is 0 Å². The number of fused-ring (bicyclic) bond motifs is 2. The van der Waals surface area contributed by atoms with Crippen LogP contribution < -0.4 is 5.43 Å². The highest BCUT2D eigenvalue weighted by atomic mass is 16.5. The number of esters is 1. The summed E-state index contributed by atoms with van der Waals surface area (Å²) in [5, 5.41) is 6.99. The summed E-state index contributed by atoms with van der Waals surface area (Å²) >= 11 is 0. The number of nitrogens with zero attached hydrogens (tertiary/aromatic N) is 2. The minimum Gasteiger partial charge on any atom is -0.467 e. The highest BCUT2D eigenvalue weighted by molar-refractivity contribution is 6.03. The molecule has 1 unspecified atom stereocenters. The van der Waals surface area contributed by atoms with Gasteiger partial charge >= 0.3 is 5.97 Å². The lowest BCUT2D eigenvalue weighted by atomic mass is 10.1. The monoisotopic (exact) mass is 496 g/mol. The standard InChI is InChI=1S/C28H20N2O7/c1-16-8-9-23-18(11-16)21(31)14-26(37-23)28(33)35-15-27(32)30-20(24-7-4-10-34-24)13-19(29-30)25-12-17-5-2-3-6-22(17)36-25/h2-12,14,20H,13,15H2,1H3. The Morgan fingerprint density at radius 1 is 1.03 bits per heavy atom. The van der Waals surface area contributed by atoms with Gasteiger partial charge in [0.05, 0.1) is 11.6 Å². The van der Waals surface area contributed by atoms with E-state index in [1.165, 1.54) is 11.3 Å². The topological polar surface area (TPSA) is 115 Å². The summed E-state index contributed by atoms with van der Waals surface area (Å²) < 4.78 is 22.2. The smallest absolute Gasteiger partial charge is 0.374 e. The average Bonchev–Trinajstić information content (AvgIpc) is 3.66. The first kappa shape index (κ1) is 22.5. The zero-order valence-electron chi connectivity index (χ0n) is 19.7. The van der Waals surface area contributed by atoms with Crippen molar-refractivity contribution in [2.24, 2.45) is 5.10 Å². The highest BCUT2D eigenvalue weighted by Gasteiger charge is 2.36. The number of aryl methyl sites for hydroxylation is 1. The second-order valence-electron chi connectivity index (χ2n) is 8.72. The van der Waals surface area contributed by atoms with Gasteiger partial charge in [-0.05, 0) is 43.3 Å². The summed E-state index contributed by atoms with van der Waals surface area (Å²) in [7, 11) is 0. The van der Waals surface area contributed by atoms with Gasteiger partial charge in [-0.25, -0.2) is 9.80 Å². The molecule has 9 heteroatoms. The van der Waals surface area contributed by atoms with Crippen molar-refractivity contribution in [3.63, 3.8) is 0 Å². The quantitative estimate of drug-likeness (QED) is 0.315. The number of amides is 1. The number of rotatable bonds is 5. The lowest BCUT2D eigenvalue weighted by molar-refractivity contribution is -0.136. The molecule has 0 saturated carbocycles. The third kappa shape index (κ3) is 4.20. The van der Waals surface area contributed by atoms with Crippen molar-refractivity contribution < 1.29 is 27.6 Å². The van der Waals surface area contributed by atoms with E-state index >= 15 is 0 Å². The van der Waals surface area contributed by atoms with E-state index in [-0.39, 0.29) is 16.8 Å². The molecule has 0 radical (unpaired) electrons. The fraction of sp³-hybridized carbons (Fsp3) is 0.143. The van der Waals surface area contributed by atoms with Gasteiger partial charge in [0.1, 0.15) is 28.7 Å². The van der Waals surface area contributed by atoms with E-state index in [1.54, 1.807) is 30.3 Å². The summed E-state index contributed by atoms with van der Waals surface area (Å²) in [5.41, 5.74) is 2.04. The van der Waals surface area contributed by atoms with Crippen molar-refractivity contribution in [1.82, 2.24) is 5.01 Å². The molecule has 0 spiro atoms. The van der Waals surface area contributed by atoms with Gasteiger partial charge in [0, 0.05) is 17.9 Å². The number of para-hydroxylation sites is 1. The van der Waals surface area contributed by atoms with E-state index < -0.39 is 24.5 Å². The first-order valence-corrected chi connectivity index (χ1v) is 11.6. The van der Waals surface area contributed by atoms with E-state index in [0.29, 0.717) is 34.6 Å². The Balaban J connectivity index is 1.23. The summed E-state index contributed by atoms with van der Waals surface area (Å²) in [6, 6.07) is 18.5. The van der Waals surface area contributed by atoms with Crippen molar-refractivity contribution in [3.05, 3.63) is 106 Å². The molecule has 3 aromatic heterocycles. The summed E-state index contributed by atoms with van der Waals surface area (Å²) in [6.07, 6.45) is 1.87. The number of hydrogen-bond donors (Lipinski definition) is 0. The third-order valence-corrected chi connectivity index (χ3v) is 6.16. The molecule has 0 fully saturated rings. The van der Waals surface area contributed by atoms with Gasteiger partial charge in [-0.3, -0.25) is 9.59 Å². The van der Waals surface area contributed by atoms with Crippen LogP contribution in [0.15, 0.2) is 96.1 Å². The van der Waals surface area contributed by atoms with Gasteiger partial charge in [-0.2, -0.15) is 5.10 Å². The third-order valence-electron chi connectivity index (χ3n) is 6.16. The summed E-state index contributed by atoms with van der Waals surface area (Å²) in [6.45, 7) is 1.24. The number of furan rings is 2. The Morgan fingerprint density at radius 2 is 1.89 bits per heavy atom. The second kappa shape index (κ2) is 8.94. The molecule has 9 nitrogen and oxygen atoms in total. The van der Waals surface area contributed by atoms with Crippen molar-refractivity contribution in [2.45, 2.75) is 19.4 Å². The number of hydrogen-bond acceptors (Lipinski definition) is 8. The minimum atomic E-state index is -0.928. The molecule has 2 aromatic carbocycles. The molecule has 0 bridgehead atoms. The van der Waals surface area contributed by atoms with E-state index in [0.717, 1.165) is 17.0 Å². The van der Waals surface area contributed by atoms with Gasteiger partial charge < -0.3 is 18.0 Å². The van der Waals surface area contributed by atoms with Crippen LogP contribution in [-0.2, 0) is 9.53 Å². The molecule has 0 saturated heterocycles. The Morgan fingerprint density at radius 3 is 2.70 bits per heavy atom. The second-order valence-corrected chi connectivity index (χ2v) is 8.72. The lowest BCUT2D eigenvalue weighted by Crippen LogP contribution is -2.31. The van der Waals surface area contributed by atoms with Crippen LogP contribution in [-0.4, -0.2) is 29.2 Å². The fourth-order valence-electron chi connectivity index (χ4n) is 4.35. The van der Waals surface area contributed by atoms with Crippen LogP contribution in [0.4, 0.5) is 0 Å². The van der Waals surface area contributed by atoms with Crippen LogP contribution in [0.1, 0.15) is 40.1 Å². The SMILES string of the molecule is Cc1ccc2oc(C(=O)OCC(=O)N3N=C(c4cc5ccccc5o4)CC3c3ccco3)cc(=O)c2c1. The number of ether oxygens (including phenoxy) is 1. The van der Waals surface area contributed by atoms with E-state index in [2.05, 4.69) is 5.10 Å². The van der Waals surface area contributed by atoms with Crippen LogP contribution in [0.25, 0.3) is 21.9 Å². The van der Waals surface area contributed by atoms with E-state index in [4.69, 9.17) is 18.0 Å². The van der Waals surface area contributed by atoms with E-state index in [1.807, 2.05) is 37.3 Å². The summed E-state index contributed by atoms with van der Waals surface area (Å²) in [4.78, 5) is 38.2. The van der Waals surface area contributed by atoms with Gasteiger partial charge in [0.25, 0.3) is 5.91 Å². The van der Waals surface area contributed by atoms with Crippen LogP contribution in [0, 0.1) is 6.92 Å². The largest absolute Gasteiger partial charge is 0.467 e. The van der Waals surface area contributed by atoms with Crippen molar-refractivity contribution in [1.29, 1.82) is 0 Å². The molecule has 6 rings (SSSR count). The van der Waals surface area contributed by atoms with Crippen molar-refractivity contribution >= 4 is 39.5 Å². The first-order valence-electron chi connectivity index (χ1n) is 11.6. The number of hydrazone groups is 1. The Hall–Kier alpha value is -4.92. The van der Waals surface area contributed by atoms with Crippen LogP contribution >= 0.6 is 0 Å². The predicted octanol–water partition coefficient (Wildman–Crippen LogP) is 4.98. The zero-order valence-corrected chi connectivity index (χ0v) is 19.7. The molecular weight excluding hydrogens is 476 g/mol. The fourth-order valence-corrected chi connectivity index (χ4v) is 4.35. The summed E-state index contributed by atoms with van der Waals surface area (Å²) in [5.74, 6) is -0.712. The maximum absolute atomic E-state index is 13.1. The predicted molar refractivity (Wildman–Crippen MR) is 133 cm³/mol. The Kier molecular flexibility index (Phi) is 5.45. The molecule has 5 aromatic rings. The molecule has 0 N–H and O–H groups in total. The average molecular weight is 496 g/mol. The lowest BCUT2D eigenvalue weighted by Gasteiger charge is -2.19. The minimum absolute atomic E-state index is 0.258. The van der Waals surface area contributed by atoms with Gasteiger partial charge in [0.2, 0.25) is 5.76 Å². The number of benzene rings is 2. The van der Waals surface area contributed by atoms with Crippen molar-refractivity contribution in [3.8, 4) is 0 Å². The van der Waals surface area contributed by atoms with Gasteiger partial charge in [-0.15, -0.1) is 0 Å². The molecule has 184 valence electrons. The molecular formula is C28H20N2O7. The number of carbonyl (C=O) groups is 2. The van der Waals surface area contributed by atoms with Gasteiger partial charge in [-0.1, -0.05) is 29.8 Å². The maximum Gasteiger partial charge on any atom is 0.374 e. The van der Waals surface area contributed by atoms with Crippen LogP contribution in [0.3, 0.4) is 0 Å². The highest BCUT2D eigenvalue weighted by Crippen LogP contribution is 2.34. The van der Waals surface area contributed by atoms with Gasteiger partial charge in [0.15, 0.2) is 17.8 Å². The Labute approximate surface area is 209 Å². The molecule has 1 aliphatic rings. The van der Waals surface area contributed by atoms with E-state index in [9.17, 15) is 14.4 Å². The number of carbonyl (C=O) groups excluding carboxylic acids is 2. The first-order chi connectivity index (χ1) is 18.0. The molecule has 1 amide bonds.